The number of hydrogen-bond donors (Lipinski definition) is 2. The van der Waals surface area contributed by atoms with Crippen molar-refractivity contribution in [3.8, 4) is 0 Å². The molecular formula is C13H20ClN3O. The van der Waals surface area contributed by atoms with Gasteiger partial charge < -0.3 is 15.2 Å². The molecular weight excluding hydrogens is 250 g/mol. The van der Waals surface area contributed by atoms with Crippen molar-refractivity contribution in [2.75, 3.05) is 13.1 Å². The molecule has 1 aliphatic heterocycles. The number of carbonyl (C=O) groups is 1. The molecule has 0 radical (unpaired) electrons. The Bertz CT molecular complexity index is 410. The Balaban J connectivity index is 2.03. The van der Waals surface area contributed by atoms with Crippen LogP contribution < -0.4 is 10.6 Å². The molecule has 100 valence electrons. The molecule has 0 spiro atoms. The summed E-state index contributed by atoms with van der Waals surface area (Å²) in [5.74, 6) is -0.0118. The van der Waals surface area contributed by atoms with Crippen molar-refractivity contribution in [1.29, 1.82) is 0 Å². The van der Waals surface area contributed by atoms with Crippen LogP contribution in [0, 0.1) is 0 Å². The van der Waals surface area contributed by atoms with E-state index in [1.165, 1.54) is 0 Å². The summed E-state index contributed by atoms with van der Waals surface area (Å²) >= 11 is 5.98. The average molecular weight is 270 g/mol. The van der Waals surface area contributed by atoms with Gasteiger partial charge in [0.2, 0.25) is 0 Å². The van der Waals surface area contributed by atoms with Crippen LogP contribution >= 0.6 is 11.6 Å². The maximum Gasteiger partial charge on any atom is 0.268 e. The van der Waals surface area contributed by atoms with Crippen LogP contribution in [0.25, 0.3) is 0 Å². The minimum absolute atomic E-state index is 0.0118. The van der Waals surface area contributed by atoms with Crippen LogP contribution in [0.15, 0.2) is 12.3 Å². The minimum Gasteiger partial charge on any atom is -0.348 e. The second-order valence-electron chi connectivity index (χ2n) is 4.73. The zero-order valence-corrected chi connectivity index (χ0v) is 11.5. The van der Waals surface area contributed by atoms with Gasteiger partial charge in [0.15, 0.2) is 0 Å². The molecule has 0 atom stereocenters. The van der Waals surface area contributed by atoms with Gasteiger partial charge in [-0.05, 0) is 38.4 Å². The highest BCUT2D eigenvalue weighted by atomic mass is 35.5. The van der Waals surface area contributed by atoms with Gasteiger partial charge in [0.25, 0.3) is 5.91 Å². The summed E-state index contributed by atoms with van der Waals surface area (Å²) in [6.07, 6.45) is 4.79. The Morgan fingerprint density at radius 2 is 2.28 bits per heavy atom. The molecule has 2 N–H and O–H groups in total. The largest absolute Gasteiger partial charge is 0.348 e. The van der Waals surface area contributed by atoms with Gasteiger partial charge in [0, 0.05) is 18.8 Å². The SMILES string of the molecule is CCCn1cc(Cl)cc1C(=O)NC1CCNCC1. The summed E-state index contributed by atoms with van der Waals surface area (Å²) in [7, 11) is 0. The summed E-state index contributed by atoms with van der Waals surface area (Å²) in [6.45, 7) is 4.85. The first-order valence-corrected chi connectivity index (χ1v) is 6.95. The lowest BCUT2D eigenvalue weighted by molar-refractivity contribution is 0.0920. The van der Waals surface area contributed by atoms with E-state index < -0.39 is 0 Å². The number of aryl methyl sites for hydroxylation is 1. The smallest absolute Gasteiger partial charge is 0.268 e. The number of rotatable bonds is 4. The van der Waals surface area contributed by atoms with E-state index in [-0.39, 0.29) is 11.9 Å². The Kier molecular flexibility index (Phi) is 4.66. The minimum atomic E-state index is -0.0118. The van der Waals surface area contributed by atoms with Gasteiger partial charge in [-0.1, -0.05) is 18.5 Å². The zero-order chi connectivity index (χ0) is 13.0. The lowest BCUT2D eigenvalue weighted by Crippen LogP contribution is -2.43. The molecule has 0 bridgehead atoms. The van der Waals surface area contributed by atoms with Crippen molar-refractivity contribution in [3.63, 3.8) is 0 Å². The van der Waals surface area contributed by atoms with E-state index in [4.69, 9.17) is 11.6 Å². The monoisotopic (exact) mass is 269 g/mol. The van der Waals surface area contributed by atoms with Gasteiger partial charge in [-0.25, -0.2) is 0 Å². The Morgan fingerprint density at radius 3 is 2.94 bits per heavy atom. The molecule has 0 saturated carbocycles. The van der Waals surface area contributed by atoms with Gasteiger partial charge in [-0.3, -0.25) is 4.79 Å². The summed E-state index contributed by atoms with van der Waals surface area (Å²) in [5.41, 5.74) is 0.667. The fourth-order valence-electron chi connectivity index (χ4n) is 2.32. The number of halogens is 1. The summed E-state index contributed by atoms with van der Waals surface area (Å²) < 4.78 is 1.93. The summed E-state index contributed by atoms with van der Waals surface area (Å²) in [6, 6.07) is 2.02. The molecule has 2 heterocycles. The first-order chi connectivity index (χ1) is 8.70. The molecule has 1 aromatic rings. The van der Waals surface area contributed by atoms with Crippen molar-refractivity contribution in [3.05, 3.63) is 23.0 Å². The topological polar surface area (TPSA) is 46.1 Å². The van der Waals surface area contributed by atoms with E-state index in [0.29, 0.717) is 10.7 Å². The Hall–Kier alpha value is -1.00. The molecule has 0 aromatic carbocycles. The third kappa shape index (κ3) is 3.27. The number of nitrogens with zero attached hydrogens (tertiary/aromatic N) is 1. The van der Waals surface area contributed by atoms with Crippen LogP contribution in [0.3, 0.4) is 0 Å². The van der Waals surface area contributed by atoms with Crippen LogP contribution in [0.2, 0.25) is 5.02 Å². The predicted molar refractivity (Wildman–Crippen MR) is 73.1 cm³/mol. The second kappa shape index (κ2) is 6.25. The quantitative estimate of drug-likeness (QED) is 0.879. The molecule has 4 nitrogen and oxygen atoms in total. The number of nitrogens with one attached hydrogen (secondary N) is 2. The van der Waals surface area contributed by atoms with Crippen molar-refractivity contribution < 1.29 is 4.79 Å². The highest BCUT2D eigenvalue weighted by Crippen LogP contribution is 2.15. The molecule has 1 amide bonds. The first kappa shape index (κ1) is 13.4. The standard InChI is InChI=1S/C13H20ClN3O/c1-2-7-17-9-10(14)8-12(17)13(18)16-11-3-5-15-6-4-11/h8-9,11,15H,2-7H2,1H3,(H,16,18). The number of hydrogen-bond acceptors (Lipinski definition) is 2. The molecule has 1 saturated heterocycles. The van der Waals surface area contributed by atoms with E-state index >= 15 is 0 Å². The zero-order valence-electron chi connectivity index (χ0n) is 10.7. The van der Waals surface area contributed by atoms with Gasteiger partial charge >= 0.3 is 0 Å². The maximum absolute atomic E-state index is 12.2. The molecule has 1 aromatic heterocycles. The van der Waals surface area contributed by atoms with E-state index in [2.05, 4.69) is 17.6 Å². The second-order valence-corrected chi connectivity index (χ2v) is 5.17. The maximum atomic E-state index is 12.2. The van der Waals surface area contributed by atoms with E-state index in [1.54, 1.807) is 6.07 Å². The van der Waals surface area contributed by atoms with Crippen molar-refractivity contribution in [1.82, 2.24) is 15.2 Å². The molecule has 0 unspecified atom stereocenters. The number of piperidine rings is 1. The molecule has 18 heavy (non-hydrogen) atoms. The average Bonchev–Trinajstić information content (AvgIpc) is 2.72. The number of amides is 1. The molecule has 2 rings (SSSR count). The third-order valence-corrected chi connectivity index (χ3v) is 3.44. The van der Waals surface area contributed by atoms with Crippen LogP contribution in [-0.2, 0) is 6.54 Å². The van der Waals surface area contributed by atoms with Crippen LogP contribution in [0.4, 0.5) is 0 Å². The van der Waals surface area contributed by atoms with Gasteiger partial charge in [0.1, 0.15) is 5.69 Å². The lowest BCUT2D eigenvalue weighted by Gasteiger charge is -2.23. The van der Waals surface area contributed by atoms with Crippen LogP contribution in [0.5, 0.6) is 0 Å². The summed E-state index contributed by atoms with van der Waals surface area (Å²) in [4.78, 5) is 12.2. The predicted octanol–water partition coefficient (Wildman–Crippen LogP) is 2.03. The fraction of sp³-hybridized carbons (Fsp3) is 0.615. The highest BCUT2D eigenvalue weighted by molar-refractivity contribution is 6.31. The summed E-state index contributed by atoms with van der Waals surface area (Å²) in [5, 5.41) is 7.00. The Labute approximate surface area is 113 Å². The lowest BCUT2D eigenvalue weighted by atomic mass is 10.1. The normalized spacial score (nSPS) is 16.8. The van der Waals surface area contributed by atoms with Gasteiger partial charge in [0.05, 0.1) is 5.02 Å². The Morgan fingerprint density at radius 1 is 1.56 bits per heavy atom. The van der Waals surface area contributed by atoms with E-state index in [9.17, 15) is 4.79 Å². The van der Waals surface area contributed by atoms with E-state index in [0.717, 1.165) is 38.9 Å². The fourth-order valence-corrected chi connectivity index (χ4v) is 2.54. The van der Waals surface area contributed by atoms with Crippen molar-refractivity contribution in [2.24, 2.45) is 0 Å². The van der Waals surface area contributed by atoms with Crippen LogP contribution in [0.1, 0.15) is 36.7 Å². The number of carbonyl (C=O) groups excluding carboxylic acids is 1. The first-order valence-electron chi connectivity index (χ1n) is 6.58. The van der Waals surface area contributed by atoms with Gasteiger partial charge in [-0.2, -0.15) is 0 Å². The molecule has 1 aliphatic rings. The van der Waals surface area contributed by atoms with Crippen molar-refractivity contribution in [2.45, 2.75) is 38.8 Å². The molecule has 1 fully saturated rings. The van der Waals surface area contributed by atoms with Crippen LogP contribution in [-0.4, -0.2) is 29.6 Å². The highest BCUT2D eigenvalue weighted by Gasteiger charge is 2.18. The van der Waals surface area contributed by atoms with Gasteiger partial charge in [-0.15, -0.1) is 0 Å². The van der Waals surface area contributed by atoms with Crippen molar-refractivity contribution >= 4 is 17.5 Å². The van der Waals surface area contributed by atoms with E-state index in [1.807, 2.05) is 10.8 Å². The molecule has 0 aliphatic carbocycles. The third-order valence-electron chi connectivity index (χ3n) is 3.23. The number of aromatic nitrogens is 1. The molecule has 5 heteroatoms.